The molecule has 0 aliphatic heterocycles. The van der Waals surface area contributed by atoms with Crippen LogP contribution in [0.5, 0.6) is 0 Å². The van der Waals surface area contributed by atoms with E-state index in [1.54, 1.807) is 0 Å². The van der Waals surface area contributed by atoms with Gasteiger partial charge in [0.25, 0.3) is 0 Å². The Morgan fingerprint density at radius 3 is 2.31 bits per heavy atom. The van der Waals surface area contributed by atoms with Crippen LogP contribution in [0.25, 0.3) is 32.8 Å². The van der Waals surface area contributed by atoms with Gasteiger partial charge in [-0.25, -0.2) is 4.57 Å². The van der Waals surface area contributed by atoms with Gasteiger partial charge in [0.2, 0.25) is 5.69 Å². The fourth-order valence-corrected chi connectivity index (χ4v) is 5.03. The molecule has 4 rings (SSSR count). The molecule has 0 fully saturated rings. The minimum Gasteiger partial charge on any atom is -0.200 e. The van der Waals surface area contributed by atoms with Crippen LogP contribution in [0.3, 0.4) is 0 Å². The van der Waals surface area contributed by atoms with Crippen molar-refractivity contribution in [2.75, 3.05) is 0 Å². The maximum atomic E-state index is 2.41. The molecule has 0 saturated heterocycles. The molecule has 0 bridgehead atoms. The zero-order valence-corrected chi connectivity index (χ0v) is 17.3. The first-order valence-corrected chi connectivity index (χ1v) is 12.8. The molecule has 0 spiro atoms. The monoisotopic (exact) mass is 356 g/mol. The Kier molecular flexibility index (Phi) is 3.96. The van der Waals surface area contributed by atoms with E-state index in [0.29, 0.717) is 0 Å². The lowest BCUT2D eigenvalue weighted by Gasteiger charge is -2.17. The number of fused-ring (bicyclic) bond motifs is 2. The molecular weight excluding hydrogens is 330 g/mol. The van der Waals surface area contributed by atoms with Crippen molar-refractivity contribution in [1.82, 2.24) is 0 Å². The average molecular weight is 357 g/mol. The highest BCUT2D eigenvalue weighted by Crippen LogP contribution is 2.31. The maximum absolute atomic E-state index is 2.41. The number of aromatic nitrogens is 1. The molecule has 0 atom stereocenters. The SMILES string of the molecule is Cc1c(-c2c3ccc([Si](C)(C)C)cc3cc[n+]2C)ccc2ccccc12. The zero-order valence-electron chi connectivity index (χ0n) is 16.3. The van der Waals surface area contributed by atoms with E-state index >= 15 is 0 Å². The molecule has 130 valence electrons. The molecule has 0 unspecified atom stereocenters. The van der Waals surface area contributed by atoms with Crippen LogP contribution < -0.4 is 9.75 Å². The zero-order chi connectivity index (χ0) is 18.5. The van der Waals surface area contributed by atoms with E-state index in [0.717, 1.165) is 0 Å². The molecule has 0 N–H and O–H groups in total. The molecule has 1 aromatic heterocycles. The van der Waals surface area contributed by atoms with E-state index in [-0.39, 0.29) is 0 Å². The fourth-order valence-electron chi connectivity index (χ4n) is 3.86. The minimum atomic E-state index is -1.31. The van der Waals surface area contributed by atoms with Crippen molar-refractivity contribution in [3.8, 4) is 11.3 Å². The quantitative estimate of drug-likeness (QED) is 0.337. The Hall–Kier alpha value is -2.45. The molecule has 0 aliphatic rings. The van der Waals surface area contributed by atoms with E-state index in [4.69, 9.17) is 0 Å². The van der Waals surface area contributed by atoms with Crippen molar-refractivity contribution in [3.05, 3.63) is 72.4 Å². The van der Waals surface area contributed by atoms with Crippen LogP contribution in [0, 0.1) is 6.92 Å². The van der Waals surface area contributed by atoms with E-state index in [1.165, 1.54) is 43.6 Å². The van der Waals surface area contributed by atoms with Gasteiger partial charge in [-0.05, 0) is 40.8 Å². The predicted molar refractivity (Wildman–Crippen MR) is 116 cm³/mol. The molecule has 0 radical (unpaired) electrons. The first-order chi connectivity index (χ1) is 12.4. The van der Waals surface area contributed by atoms with Gasteiger partial charge in [-0.2, -0.15) is 0 Å². The summed E-state index contributed by atoms with van der Waals surface area (Å²) in [6.45, 7) is 9.47. The summed E-state index contributed by atoms with van der Waals surface area (Å²) >= 11 is 0. The van der Waals surface area contributed by atoms with Crippen LogP contribution in [0.15, 0.2) is 66.9 Å². The maximum Gasteiger partial charge on any atom is 0.220 e. The minimum absolute atomic E-state index is 1.30. The van der Waals surface area contributed by atoms with Crippen molar-refractivity contribution >= 4 is 34.8 Å². The van der Waals surface area contributed by atoms with Gasteiger partial charge in [-0.15, -0.1) is 0 Å². The molecular formula is C24H26NSi+. The second-order valence-corrected chi connectivity index (χ2v) is 13.4. The Labute approximate surface area is 156 Å². The number of pyridine rings is 1. The van der Waals surface area contributed by atoms with Crippen molar-refractivity contribution in [2.24, 2.45) is 7.05 Å². The summed E-state index contributed by atoms with van der Waals surface area (Å²) in [6.07, 6.45) is 2.19. The Morgan fingerprint density at radius 1 is 0.769 bits per heavy atom. The lowest BCUT2D eigenvalue weighted by atomic mass is 9.95. The Morgan fingerprint density at radius 2 is 1.54 bits per heavy atom. The number of aryl methyl sites for hydroxylation is 2. The van der Waals surface area contributed by atoms with Crippen LogP contribution in [0.1, 0.15) is 5.56 Å². The molecule has 4 aromatic rings. The van der Waals surface area contributed by atoms with Crippen molar-refractivity contribution in [3.63, 3.8) is 0 Å². The molecule has 2 heteroatoms. The number of hydrogen-bond acceptors (Lipinski definition) is 0. The molecule has 1 nitrogen and oxygen atoms in total. The highest BCUT2D eigenvalue weighted by atomic mass is 28.3. The van der Waals surface area contributed by atoms with Gasteiger partial charge in [-0.1, -0.05) is 67.3 Å². The second-order valence-electron chi connectivity index (χ2n) is 8.29. The second kappa shape index (κ2) is 6.06. The number of rotatable bonds is 2. The third-order valence-electron chi connectivity index (χ3n) is 5.46. The molecule has 0 amide bonds. The topological polar surface area (TPSA) is 3.88 Å². The number of nitrogens with zero attached hydrogens (tertiary/aromatic N) is 1. The lowest BCUT2D eigenvalue weighted by Crippen LogP contribution is -2.37. The Balaban J connectivity index is 2.02. The summed E-state index contributed by atoms with van der Waals surface area (Å²) in [5.41, 5.74) is 3.96. The summed E-state index contributed by atoms with van der Waals surface area (Å²) in [5.74, 6) is 0. The van der Waals surface area contributed by atoms with Crippen LogP contribution in [0.2, 0.25) is 19.6 Å². The average Bonchev–Trinajstić information content (AvgIpc) is 2.62. The van der Waals surface area contributed by atoms with Crippen LogP contribution in [-0.4, -0.2) is 8.07 Å². The van der Waals surface area contributed by atoms with E-state index < -0.39 is 8.07 Å². The highest BCUT2D eigenvalue weighted by molar-refractivity contribution is 6.88. The Bertz CT molecular complexity index is 1140. The van der Waals surface area contributed by atoms with Gasteiger partial charge in [0.15, 0.2) is 6.20 Å². The van der Waals surface area contributed by atoms with E-state index in [9.17, 15) is 0 Å². The summed E-state index contributed by atoms with van der Waals surface area (Å²) in [5, 5.41) is 6.82. The van der Waals surface area contributed by atoms with Gasteiger partial charge in [0.1, 0.15) is 7.05 Å². The molecule has 26 heavy (non-hydrogen) atoms. The standard InChI is InChI=1S/C24H26NSi/c1-17-21-9-7-6-8-18(21)10-12-22(17)24-23-13-11-20(26(3,4)5)16-19(23)14-15-25(24)2/h6-16H,1-5H3/q+1. The van der Waals surface area contributed by atoms with Crippen LogP contribution >= 0.6 is 0 Å². The first-order valence-electron chi connectivity index (χ1n) is 9.28. The predicted octanol–water partition coefficient (Wildman–Crippen LogP) is 5.34. The summed E-state index contributed by atoms with van der Waals surface area (Å²) in [7, 11) is 0.834. The smallest absolute Gasteiger partial charge is 0.200 e. The van der Waals surface area contributed by atoms with E-state index in [1.807, 2.05) is 0 Å². The number of hydrogen-bond donors (Lipinski definition) is 0. The molecule has 1 heterocycles. The van der Waals surface area contributed by atoms with Crippen LogP contribution in [0.4, 0.5) is 0 Å². The summed E-state index contributed by atoms with van der Waals surface area (Å²) < 4.78 is 2.26. The highest BCUT2D eigenvalue weighted by Gasteiger charge is 2.21. The number of benzene rings is 3. The molecule has 3 aromatic carbocycles. The van der Waals surface area contributed by atoms with Gasteiger partial charge in [-0.3, -0.25) is 0 Å². The van der Waals surface area contributed by atoms with Crippen molar-refractivity contribution in [2.45, 2.75) is 26.6 Å². The van der Waals surface area contributed by atoms with Gasteiger partial charge in [0, 0.05) is 6.07 Å². The van der Waals surface area contributed by atoms with Crippen molar-refractivity contribution in [1.29, 1.82) is 0 Å². The third kappa shape index (κ3) is 2.75. The molecule has 0 saturated carbocycles. The largest absolute Gasteiger partial charge is 0.220 e. The van der Waals surface area contributed by atoms with Gasteiger partial charge < -0.3 is 0 Å². The van der Waals surface area contributed by atoms with Gasteiger partial charge >= 0.3 is 0 Å². The van der Waals surface area contributed by atoms with Crippen molar-refractivity contribution < 1.29 is 4.57 Å². The van der Waals surface area contributed by atoms with E-state index in [2.05, 4.69) is 105 Å². The normalized spacial score (nSPS) is 12.0. The third-order valence-corrected chi connectivity index (χ3v) is 7.50. The first kappa shape index (κ1) is 17.0. The lowest BCUT2D eigenvalue weighted by molar-refractivity contribution is -0.659. The van der Waals surface area contributed by atoms with Crippen LogP contribution in [-0.2, 0) is 7.05 Å². The molecule has 0 aliphatic carbocycles. The van der Waals surface area contributed by atoms with Gasteiger partial charge in [0.05, 0.1) is 19.0 Å². The summed E-state index contributed by atoms with van der Waals surface area (Å²) in [4.78, 5) is 0. The summed E-state index contributed by atoms with van der Waals surface area (Å²) in [6, 6.07) is 22.5. The fraction of sp³-hybridized carbons (Fsp3) is 0.208.